The highest BCUT2D eigenvalue weighted by molar-refractivity contribution is 7.98. The summed E-state index contributed by atoms with van der Waals surface area (Å²) in [6.45, 7) is 0. The Labute approximate surface area is 117 Å². The third kappa shape index (κ3) is 4.65. The first-order chi connectivity index (χ1) is 9.12. The number of hydrogen-bond donors (Lipinski definition) is 2. The molecule has 0 aliphatic heterocycles. The lowest BCUT2D eigenvalue weighted by atomic mass is 10.2. The van der Waals surface area contributed by atoms with Crippen LogP contribution in [0, 0.1) is 0 Å². The molecule has 1 rings (SSSR count). The maximum Gasteiger partial charge on any atom is 0.241 e. The van der Waals surface area contributed by atoms with Crippen molar-refractivity contribution in [3.8, 4) is 11.5 Å². The lowest BCUT2D eigenvalue weighted by Crippen LogP contribution is -2.36. The van der Waals surface area contributed by atoms with Gasteiger partial charge in [0, 0.05) is 6.07 Å². The van der Waals surface area contributed by atoms with Gasteiger partial charge in [-0.05, 0) is 30.6 Å². The molecular formula is C13H20N2O3S. The van der Waals surface area contributed by atoms with Gasteiger partial charge in [0.15, 0.2) is 0 Å². The predicted molar refractivity (Wildman–Crippen MR) is 79.2 cm³/mol. The molecule has 6 heteroatoms. The Balaban J connectivity index is 2.76. The average molecular weight is 284 g/mol. The fourth-order valence-electron chi connectivity index (χ4n) is 1.51. The molecule has 0 heterocycles. The van der Waals surface area contributed by atoms with Crippen LogP contribution in [-0.4, -0.2) is 38.2 Å². The van der Waals surface area contributed by atoms with Crippen LogP contribution in [0.25, 0.3) is 0 Å². The Kier molecular flexibility index (Phi) is 6.52. The minimum Gasteiger partial charge on any atom is -0.497 e. The molecule has 3 N–H and O–H groups in total. The van der Waals surface area contributed by atoms with Crippen LogP contribution in [0.3, 0.4) is 0 Å². The van der Waals surface area contributed by atoms with Gasteiger partial charge in [-0.25, -0.2) is 0 Å². The lowest BCUT2D eigenvalue weighted by Gasteiger charge is -2.14. The molecule has 106 valence electrons. The number of ether oxygens (including phenoxy) is 2. The van der Waals surface area contributed by atoms with Crippen molar-refractivity contribution in [1.82, 2.24) is 0 Å². The number of thioether (sulfide) groups is 1. The zero-order valence-electron chi connectivity index (χ0n) is 11.4. The van der Waals surface area contributed by atoms with Crippen LogP contribution in [-0.2, 0) is 4.79 Å². The average Bonchev–Trinajstić information content (AvgIpc) is 2.44. The maximum absolute atomic E-state index is 11.9. The second kappa shape index (κ2) is 7.91. The molecule has 0 radical (unpaired) electrons. The van der Waals surface area contributed by atoms with E-state index in [0.717, 1.165) is 5.75 Å². The van der Waals surface area contributed by atoms with Gasteiger partial charge in [0.2, 0.25) is 5.91 Å². The van der Waals surface area contributed by atoms with E-state index in [4.69, 9.17) is 15.2 Å². The smallest absolute Gasteiger partial charge is 0.241 e. The van der Waals surface area contributed by atoms with Crippen LogP contribution in [0.1, 0.15) is 6.42 Å². The highest BCUT2D eigenvalue weighted by Gasteiger charge is 2.15. The molecule has 1 aromatic carbocycles. The van der Waals surface area contributed by atoms with Gasteiger partial charge in [-0.3, -0.25) is 4.79 Å². The Morgan fingerprint density at radius 1 is 1.42 bits per heavy atom. The van der Waals surface area contributed by atoms with Crippen molar-refractivity contribution in [3.05, 3.63) is 18.2 Å². The number of nitrogens with two attached hydrogens (primary N) is 1. The van der Waals surface area contributed by atoms with Gasteiger partial charge >= 0.3 is 0 Å². The number of rotatable bonds is 7. The topological polar surface area (TPSA) is 73.6 Å². The van der Waals surface area contributed by atoms with E-state index >= 15 is 0 Å². The quantitative estimate of drug-likeness (QED) is 0.797. The normalized spacial score (nSPS) is 11.8. The third-order valence-electron chi connectivity index (χ3n) is 2.63. The van der Waals surface area contributed by atoms with Crippen molar-refractivity contribution in [2.24, 2.45) is 5.73 Å². The van der Waals surface area contributed by atoms with Gasteiger partial charge in [-0.15, -0.1) is 0 Å². The number of methoxy groups -OCH3 is 2. The molecule has 0 saturated heterocycles. The summed E-state index contributed by atoms with van der Waals surface area (Å²) in [6.07, 6.45) is 2.62. The molecule has 1 amide bonds. The Morgan fingerprint density at radius 3 is 2.74 bits per heavy atom. The van der Waals surface area contributed by atoms with Crippen molar-refractivity contribution in [2.75, 3.05) is 31.5 Å². The first kappa shape index (κ1) is 15.7. The molecule has 19 heavy (non-hydrogen) atoms. The van der Waals surface area contributed by atoms with Gasteiger partial charge in [-0.1, -0.05) is 0 Å². The minimum absolute atomic E-state index is 0.222. The summed E-state index contributed by atoms with van der Waals surface area (Å²) < 4.78 is 10.3. The first-order valence-corrected chi connectivity index (χ1v) is 7.29. The fourth-order valence-corrected chi connectivity index (χ4v) is 2.00. The van der Waals surface area contributed by atoms with E-state index < -0.39 is 6.04 Å². The van der Waals surface area contributed by atoms with Crippen LogP contribution < -0.4 is 20.5 Å². The van der Waals surface area contributed by atoms with Crippen molar-refractivity contribution in [1.29, 1.82) is 0 Å². The van der Waals surface area contributed by atoms with E-state index in [0.29, 0.717) is 23.6 Å². The molecule has 0 bridgehead atoms. The Hall–Kier alpha value is -1.40. The largest absolute Gasteiger partial charge is 0.497 e. The molecule has 0 aliphatic rings. The maximum atomic E-state index is 11.9. The second-order valence-electron chi connectivity index (χ2n) is 3.94. The van der Waals surface area contributed by atoms with Crippen LogP contribution in [0.4, 0.5) is 5.69 Å². The highest BCUT2D eigenvalue weighted by Crippen LogP contribution is 2.28. The van der Waals surface area contributed by atoms with Gasteiger partial charge in [0.25, 0.3) is 0 Å². The molecule has 0 spiro atoms. The van der Waals surface area contributed by atoms with Crippen molar-refractivity contribution >= 4 is 23.4 Å². The van der Waals surface area contributed by atoms with Crippen LogP contribution in [0.5, 0.6) is 11.5 Å². The fraction of sp³-hybridized carbons (Fsp3) is 0.462. The third-order valence-corrected chi connectivity index (χ3v) is 3.28. The van der Waals surface area contributed by atoms with Crippen LogP contribution in [0.2, 0.25) is 0 Å². The van der Waals surface area contributed by atoms with E-state index in [9.17, 15) is 4.79 Å². The van der Waals surface area contributed by atoms with E-state index in [1.54, 1.807) is 44.2 Å². The van der Waals surface area contributed by atoms with E-state index in [2.05, 4.69) is 5.32 Å². The summed E-state index contributed by atoms with van der Waals surface area (Å²) in [5, 5.41) is 2.77. The van der Waals surface area contributed by atoms with E-state index in [1.165, 1.54) is 0 Å². The number of carbonyl (C=O) groups is 1. The van der Waals surface area contributed by atoms with Crippen molar-refractivity contribution in [3.63, 3.8) is 0 Å². The van der Waals surface area contributed by atoms with Gasteiger partial charge in [0.05, 0.1) is 25.9 Å². The van der Waals surface area contributed by atoms with Crippen molar-refractivity contribution < 1.29 is 14.3 Å². The molecular weight excluding hydrogens is 264 g/mol. The Morgan fingerprint density at radius 2 is 2.16 bits per heavy atom. The predicted octanol–water partition coefficient (Wildman–Crippen LogP) is 1.72. The molecule has 0 aliphatic carbocycles. The summed E-state index contributed by atoms with van der Waals surface area (Å²) in [4.78, 5) is 11.9. The second-order valence-corrected chi connectivity index (χ2v) is 4.93. The van der Waals surface area contributed by atoms with Crippen LogP contribution in [0.15, 0.2) is 18.2 Å². The summed E-state index contributed by atoms with van der Waals surface area (Å²) in [6, 6.07) is 4.69. The standard InChI is InChI=1S/C13H20N2O3S/c1-17-9-4-5-12(18-2)11(8-9)15-13(16)10(14)6-7-19-3/h4-5,8,10H,6-7,14H2,1-3H3,(H,15,16)/t10-/m0/s1. The van der Waals surface area contributed by atoms with Gasteiger partial charge in [0.1, 0.15) is 11.5 Å². The molecule has 0 aromatic heterocycles. The summed E-state index contributed by atoms with van der Waals surface area (Å²) >= 11 is 1.66. The Bertz CT molecular complexity index is 426. The number of nitrogens with one attached hydrogen (secondary N) is 1. The summed E-state index contributed by atoms with van der Waals surface area (Å²) in [5.74, 6) is 1.85. The summed E-state index contributed by atoms with van der Waals surface area (Å²) in [5.41, 5.74) is 6.38. The summed E-state index contributed by atoms with van der Waals surface area (Å²) in [7, 11) is 3.11. The zero-order valence-corrected chi connectivity index (χ0v) is 12.3. The molecule has 0 saturated carbocycles. The van der Waals surface area contributed by atoms with Gasteiger partial charge < -0.3 is 20.5 Å². The number of hydrogen-bond acceptors (Lipinski definition) is 5. The number of amides is 1. The minimum atomic E-state index is -0.525. The SMILES string of the molecule is COc1ccc(OC)c(NC(=O)[C@@H](N)CCSC)c1. The number of benzene rings is 1. The molecule has 1 atom stereocenters. The van der Waals surface area contributed by atoms with Crippen LogP contribution >= 0.6 is 11.8 Å². The first-order valence-electron chi connectivity index (χ1n) is 5.89. The molecule has 1 aromatic rings. The molecule has 0 fully saturated rings. The zero-order chi connectivity index (χ0) is 14.3. The molecule has 0 unspecified atom stereocenters. The highest BCUT2D eigenvalue weighted by atomic mass is 32.2. The van der Waals surface area contributed by atoms with E-state index in [-0.39, 0.29) is 5.91 Å². The van der Waals surface area contributed by atoms with Gasteiger partial charge in [-0.2, -0.15) is 11.8 Å². The lowest BCUT2D eigenvalue weighted by molar-refractivity contribution is -0.117. The monoisotopic (exact) mass is 284 g/mol. The molecule has 5 nitrogen and oxygen atoms in total. The van der Waals surface area contributed by atoms with Crippen molar-refractivity contribution in [2.45, 2.75) is 12.5 Å². The number of anilines is 1. The van der Waals surface area contributed by atoms with E-state index in [1.807, 2.05) is 6.26 Å². The number of carbonyl (C=O) groups excluding carboxylic acids is 1.